The van der Waals surface area contributed by atoms with Gasteiger partial charge in [0, 0.05) is 0 Å². The molecule has 0 aliphatic carbocycles. The minimum absolute atomic E-state index is 0.647. The Hall–Kier alpha value is -0.171. The average molecular weight is 257 g/mol. The van der Waals surface area contributed by atoms with Gasteiger partial charge in [0.15, 0.2) is 0 Å². The van der Waals surface area contributed by atoms with Crippen LogP contribution in [0.5, 0.6) is 0 Å². The summed E-state index contributed by atoms with van der Waals surface area (Å²) in [5.74, 6) is 3.37. The summed E-state index contributed by atoms with van der Waals surface area (Å²) < 4.78 is 1.54. The third-order valence-electron chi connectivity index (χ3n) is 1.66. The van der Waals surface area contributed by atoms with E-state index in [-0.39, 0.29) is 0 Å². The van der Waals surface area contributed by atoms with E-state index in [4.69, 9.17) is 0 Å². The van der Waals surface area contributed by atoms with Crippen LogP contribution in [0.4, 0.5) is 0 Å². The first kappa shape index (κ1) is 10.9. The Morgan fingerprint density at radius 1 is 1.38 bits per heavy atom. The Balaban J connectivity index is 2.43. The molecule has 0 saturated heterocycles. The first-order valence-corrected chi connectivity index (χ1v) is 7.79. The van der Waals surface area contributed by atoms with Gasteiger partial charge in [-0.3, -0.25) is 0 Å². The van der Waals surface area contributed by atoms with E-state index in [9.17, 15) is 0 Å². The Morgan fingerprint density at radius 3 is 2.62 bits per heavy atom. The van der Waals surface area contributed by atoms with Gasteiger partial charge in [-0.1, -0.05) is 0 Å². The van der Waals surface area contributed by atoms with Crippen molar-refractivity contribution in [2.75, 3.05) is 0 Å². The molecule has 0 radical (unpaired) electrons. The van der Waals surface area contributed by atoms with Crippen molar-refractivity contribution in [2.45, 2.75) is 18.5 Å². The summed E-state index contributed by atoms with van der Waals surface area (Å²) in [5, 5.41) is 0. The molecule has 0 N–H and O–H groups in total. The Morgan fingerprint density at radius 2 is 2.08 bits per heavy atom. The van der Waals surface area contributed by atoms with Crippen molar-refractivity contribution in [3.8, 4) is 0 Å². The van der Waals surface area contributed by atoms with Gasteiger partial charge >= 0.3 is 91.0 Å². The standard InChI is InChI=1S/C11H14SSe/c1-3-11(13-2)12-9-10-7-5-4-6-8-10/h3-8H,9H2,1-2H3/b11-3+. The van der Waals surface area contributed by atoms with Gasteiger partial charge in [0.05, 0.1) is 0 Å². The quantitative estimate of drug-likeness (QED) is 0.743. The van der Waals surface area contributed by atoms with Crippen molar-refractivity contribution >= 4 is 26.7 Å². The summed E-state index contributed by atoms with van der Waals surface area (Å²) in [6, 6.07) is 10.6. The number of hydrogen-bond acceptors (Lipinski definition) is 1. The topological polar surface area (TPSA) is 0 Å². The number of hydrogen-bond donors (Lipinski definition) is 0. The van der Waals surface area contributed by atoms with Crippen LogP contribution in [0.25, 0.3) is 0 Å². The van der Waals surface area contributed by atoms with Gasteiger partial charge in [0.25, 0.3) is 0 Å². The molecule has 0 unspecified atom stereocenters. The maximum atomic E-state index is 2.26. The molecule has 0 aliphatic rings. The second-order valence-corrected chi connectivity index (χ2v) is 5.97. The predicted octanol–water partition coefficient (Wildman–Crippen LogP) is 3.53. The first-order valence-electron chi connectivity index (χ1n) is 4.24. The second kappa shape index (κ2) is 6.31. The molecule has 1 aromatic rings. The van der Waals surface area contributed by atoms with Crippen LogP contribution in [0, 0.1) is 0 Å². The van der Waals surface area contributed by atoms with E-state index in [0.29, 0.717) is 15.0 Å². The molecule has 1 rings (SSSR count). The van der Waals surface area contributed by atoms with Crippen molar-refractivity contribution in [1.29, 1.82) is 0 Å². The number of rotatable bonds is 4. The van der Waals surface area contributed by atoms with Crippen LogP contribution in [0.1, 0.15) is 12.5 Å². The molecular weight excluding hydrogens is 243 g/mol. The van der Waals surface area contributed by atoms with Crippen LogP contribution < -0.4 is 0 Å². The van der Waals surface area contributed by atoms with Crippen LogP contribution in [0.3, 0.4) is 0 Å². The van der Waals surface area contributed by atoms with Gasteiger partial charge in [0.1, 0.15) is 0 Å². The van der Waals surface area contributed by atoms with E-state index in [2.05, 4.69) is 49.2 Å². The number of benzene rings is 1. The fourth-order valence-corrected chi connectivity index (χ4v) is 3.38. The normalized spacial score (nSPS) is 11.7. The Kier molecular flexibility index (Phi) is 5.29. The van der Waals surface area contributed by atoms with Gasteiger partial charge in [-0.2, -0.15) is 0 Å². The first-order chi connectivity index (χ1) is 6.36. The van der Waals surface area contributed by atoms with E-state index >= 15 is 0 Å². The summed E-state index contributed by atoms with van der Waals surface area (Å²) in [4.78, 5) is 0. The zero-order valence-corrected chi connectivity index (χ0v) is 10.5. The van der Waals surface area contributed by atoms with Crippen LogP contribution in [-0.4, -0.2) is 15.0 Å². The summed E-state index contributed by atoms with van der Waals surface area (Å²) >= 11 is 2.61. The van der Waals surface area contributed by atoms with E-state index in [1.54, 1.807) is 0 Å². The van der Waals surface area contributed by atoms with Crippen molar-refractivity contribution in [1.82, 2.24) is 0 Å². The second-order valence-electron chi connectivity index (χ2n) is 2.59. The van der Waals surface area contributed by atoms with E-state index in [0.717, 1.165) is 5.75 Å². The molecule has 0 aliphatic heterocycles. The fourth-order valence-electron chi connectivity index (χ4n) is 0.989. The van der Waals surface area contributed by atoms with Crippen molar-refractivity contribution in [3.05, 3.63) is 45.8 Å². The van der Waals surface area contributed by atoms with Crippen LogP contribution in [0.15, 0.2) is 40.2 Å². The molecule has 0 atom stereocenters. The zero-order valence-electron chi connectivity index (χ0n) is 7.99. The molecule has 0 heterocycles. The molecule has 0 spiro atoms. The number of thioether (sulfide) groups is 1. The van der Waals surface area contributed by atoms with Gasteiger partial charge in [-0.25, -0.2) is 0 Å². The molecule has 0 saturated carbocycles. The molecule has 0 nitrogen and oxygen atoms in total. The van der Waals surface area contributed by atoms with Crippen LogP contribution in [0.2, 0.25) is 5.82 Å². The van der Waals surface area contributed by atoms with Gasteiger partial charge in [-0.05, 0) is 0 Å². The third-order valence-corrected chi connectivity index (χ3v) is 5.61. The number of allylic oxidation sites excluding steroid dienone is 1. The van der Waals surface area contributed by atoms with Crippen molar-refractivity contribution < 1.29 is 0 Å². The molecule has 0 amide bonds. The fraction of sp³-hybridized carbons (Fsp3) is 0.273. The summed E-state index contributed by atoms with van der Waals surface area (Å²) in [6.45, 7) is 2.12. The Bertz CT molecular complexity index is 267. The zero-order chi connectivity index (χ0) is 9.52. The predicted molar refractivity (Wildman–Crippen MR) is 63.1 cm³/mol. The summed E-state index contributed by atoms with van der Waals surface area (Å²) in [6.07, 6.45) is 2.23. The van der Waals surface area contributed by atoms with E-state index < -0.39 is 0 Å². The molecular formula is C11H14SSe. The molecule has 1 aromatic carbocycles. The third kappa shape index (κ3) is 4.04. The average Bonchev–Trinajstić information content (AvgIpc) is 2.21. The molecule has 0 bridgehead atoms. The molecule has 70 valence electrons. The monoisotopic (exact) mass is 258 g/mol. The van der Waals surface area contributed by atoms with Crippen molar-refractivity contribution in [2.24, 2.45) is 0 Å². The van der Waals surface area contributed by atoms with Crippen molar-refractivity contribution in [3.63, 3.8) is 0 Å². The molecule has 0 fully saturated rings. The van der Waals surface area contributed by atoms with Crippen LogP contribution in [-0.2, 0) is 5.75 Å². The van der Waals surface area contributed by atoms with Gasteiger partial charge < -0.3 is 0 Å². The molecule has 2 heteroatoms. The van der Waals surface area contributed by atoms with E-state index in [1.165, 1.54) is 9.37 Å². The summed E-state index contributed by atoms with van der Waals surface area (Å²) in [5.41, 5.74) is 1.41. The molecule has 13 heavy (non-hydrogen) atoms. The Labute approximate surface area is 91.0 Å². The van der Waals surface area contributed by atoms with E-state index in [1.807, 2.05) is 11.8 Å². The van der Waals surface area contributed by atoms with Crippen LogP contribution >= 0.6 is 11.8 Å². The maximum absolute atomic E-state index is 2.26. The van der Waals surface area contributed by atoms with Gasteiger partial charge in [-0.15, -0.1) is 0 Å². The summed E-state index contributed by atoms with van der Waals surface area (Å²) in [7, 11) is 0. The minimum atomic E-state index is 0.647. The van der Waals surface area contributed by atoms with Gasteiger partial charge in [0.2, 0.25) is 0 Å². The molecule has 0 aromatic heterocycles. The SMILES string of the molecule is C/C=C(\SCc1ccccc1)[Se]C.